The Morgan fingerprint density at radius 2 is 1.78 bits per heavy atom. The van der Waals surface area contributed by atoms with Gasteiger partial charge in [0.1, 0.15) is 5.82 Å². The Kier molecular flexibility index (Phi) is 5.55. The standard InChI is InChI=1S/C24H31N7O/c1-17-14-22(32)31(18-6-4-5-7-18)20-16-26-24(27-23(17)20)29(3)21-9-8-19(15-25-21)30-12-10-28(2)11-13-30/h8-9,14-16,18H,4-7,10-13H2,1-3H3. The number of rotatable bonds is 4. The Hall–Kier alpha value is -3.00. The van der Waals surface area contributed by atoms with Crippen molar-refractivity contribution in [2.75, 3.05) is 50.1 Å². The van der Waals surface area contributed by atoms with Crippen LogP contribution in [-0.4, -0.2) is 64.7 Å². The summed E-state index contributed by atoms with van der Waals surface area (Å²) in [6, 6.07) is 6.10. The molecule has 3 aromatic heterocycles. The molecule has 1 saturated carbocycles. The lowest BCUT2D eigenvalue weighted by molar-refractivity contribution is 0.313. The molecule has 0 N–H and O–H groups in total. The predicted molar refractivity (Wildman–Crippen MR) is 128 cm³/mol. The SMILES string of the molecule is Cc1cc(=O)n(C2CCCC2)c2cnc(N(C)c3ccc(N4CCN(C)CC4)cn3)nc12. The van der Waals surface area contributed by atoms with E-state index >= 15 is 0 Å². The molecule has 4 heterocycles. The zero-order valence-corrected chi connectivity index (χ0v) is 19.2. The summed E-state index contributed by atoms with van der Waals surface area (Å²) < 4.78 is 1.90. The summed E-state index contributed by atoms with van der Waals surface area (Å²) in [5.41, 5.74) is 3.74. The molecule has 0 unspecified atom stereocenters. The molecule has 2 fully saturated rings. The van der Waals surface area contributed by atoms with Crippen molar-refractivity contribution < 1.29 is 0 Å². The van der Waals surface area contributed by atoms with Crippen molar-refractivity contribution in [3.63, 3.8) is 0 Å². The van der Waals surface area contributed by atoms with Crippen LogP contribution in [0.3, 0.4) is 0 Å². The van der Waals surface area contributed by atoms with Crippen LogP contribution in [0.25, 0.3) is 11.0 Å². The van der Waals surface area contributed by atoms with Crippen LogP contribution in [0.5, 0.6) is 0 Å². The first-order valence-electron chi connectivity index (χ1n) is 11.5. The summed E-state index contributed by atoms with van der Waals surface area (Å²) in [7, 11) is 4.09. The van der Waals surface area contributed by atoms with Crippen LogP contribution in [0.2, 0.25) is 0 Å². The zero-order chi connectivity index (χ0) is 22.2. The number of hydrogen-bond acceptors (Lipinski definition) is 7. The van der Waals surface area contributed by atoms with Gasteiger partial charge in [-0.3, -0.25) is 9.69 Å². The number of likely N-dealkylation sites (N-methyl/N-ethyl adjacent to an activating group) is 1. The molecule has 0 bridgehead atoms. The summed E-state index contributed by atoms with van der Waals surface area (Å²) in [6.07, 6.45) is 8.17. The van der Waals surface area contributed by atoms with Crippen LogP contribution in [0.1, 0.15) is 37.3 Å². The first kappa shape index (κ1) is 20.9. The third kappa shape index (κ3) is 3.83. The molecule has 8 nitrogen and oxygen atoms in total. The maximum absolute atomic E-state index is 12.7. The summed E-state index contributed by atoms with van der Waals surface area (Å²) in [6.45, 7) is 6.12. The van der Waals surface area contributed by atoms with Crippen molar-refractivity contribution in [3.05, 3.63) is 46.5 Å². The van der Waals surface area contributed by atoms with Crippen molar-refractivity contribution >= 4 is 28.5 Å². The Morgan fingerprint density at radius 1 is 1.03 bits per heavy atom. The van der Waals surface area contributed by atoms with Gasteiger partial charge >= 0.3 is 0 Å². The first-order valence-corrected chi connectivity index (χ1v) is 11.5. The minimum Gasteiger partial charge on any atom is -0.368 e. The van der Waals surface area contributed by atoms with Gasteiger partial charge in [0.2, 0.25) is 5.95 Å². The van der Waals surface area contributed by atoms with Gasteiger partial charge in [0.25, 0.3) is 5.56 Å². The molecular weight excluding hydrogens is 402 g/mol. The van der Waals surface area contributed by atoms with Gasteiger partial charge < -0.3 is 14.4 Å². The minimum atomic E-state index is 0.0489. The quantitative estimate of drug-likeness (QED) is 0.626. The highest BCUT2D eigenvalue weighted by Gasteiger charge is 2.22. The van der Waals surface area contributed by atoms with E-state index < -0.39 is 0 Å². The summed E-state index contributed by atoms with van der Waals surface area (Å²) in [5, 5.41) is 0. The maximum Gasteiger partial charge on any atom is 0.251 e. The van der Waals surface area contributed by atoms with Crippen molar-refractivity contribution in [2.24, 2.45) is 0 Å². The van der Waals surface area contributed by atoms with Crippen molar-refractivity contribution in [3.8, 4) is 0 Å². The second kappa shape index (κ2) is 8.50. The van der Waals surface area contributed by atoms with Crippen LogP contribution in [0.15, 0.2) is 35.4 Å². The van der Waals surface area contributed by atoms with E-state index in [1.165, 1.54) is 12.8 Å². The molecule has 1 aliphatic heterocycles. The third-order valence-corrected chi connectivity index (χ3v) is 6.90. The number of piperazine rings is 1. The molecular formula is C24H31N7O. The number of nitrogens with zero attached hydrogens (tertiary/aromatic N) is 7. The fraction of sp³-hybridized carbons (Fsp3) is 0.500. The van der Waals surface area contributed by atoms with Gasteiger partial charge in [-0.05, 0) is 44.5 Å². The lowest BCUT2D eigenvalue weighted by Gasteiger charge is -2.33. The van der Waals surface area contributed by atoms with Gasteiger partial charge in [0.05, 0.1) is 29.1 Å². The van der Waals surface area contributed by atoms with Crippen molar-refractivity contribution in [2.45, 2.75) is 38.6 Å². The monoisotopic (exact) mass is 433 g/mol. The fourth-order valence-corrected chi connectivity index (χ4v) is 4.91. The number of anilines is 3. The topological polar surface area (TPSA) is 70.4 Å². The fourth-order valence-electron chi connectivity index (χ4n) is 4.91. The van der Waals surface area contributed by atoms with E-state index in [2.05, 4.69) is 32.9 Å². The molecule has 2 aliphatic rings. The highest BCUT2D eigenvalue weighted by atomic mass is 16.1. The second-order valence-corrected chi connectivity index (χ2v) is 9.10. The van der Waals surface area contributed by atoms with Crippen LogP contribution >= 0.6 is 0 Å². The highest BCUT2D eigenvalue weighted by Crippen LogP contribution is 2.31. The lowest BCUT2D eigenvalue weighted by atomic mass is 10.2. The molecule has 32 heavy (non-hydrogen) atoms. The minimum absolute atomic E-state index is 0.0489. The summed E-state index contributed by atoms with van der Waals surface area (Å²) >= 11 is 0. The molecule has 0 radical (unpaired) electrons. The molecule has 0 aromatic carbocycles. The molecule has 1 saturated heterocycles. The van der Waals surface area contributed by atoms with Gasteiger partial charge in [-0.15, -0.1) is 0 Å². The number of aryl methyl sites for hydroxylation is 1. The third-order valence-electron chi connectivity index (χ3n) is 6.90. The maximum atomic E-state index is 12.7. The molecule has 1 aliphatic carbocycles. The van der Waals surface area contributed by atoms with E-state index in [1.807, 2.05) is 35.7 Å². The van der Waals surface area contributed by atoms with E-state index in [9.17, 15) is 4.79 Å². The molecule has 5 rings (SSSR count). The van der Waals surface area contributed by atoms with E-state index in [-0.39, 0.29) is 11.6 Å². The van der Waals surface area contributed by atoms with Gasteiger partial charge in [-0.1, -0.05) is 12.8 Å². The predicted octanol–water partition coefficient (Wildman–Crippen LogP) is 3.13. The van der Waals surface area contributed by atoms with Gasteiger partial charge in [0.15, 0.2) is 0 Å². The number of aromatic nitrogens is 4. The van der Waals surface area contributed by atoms with E-state index in [4.69, 9.17) is 4.98 Å². The normalized spacial score (nSPS) is 17.9. The Bertz CT molecular complexity index is 1160. The second-order valence-electron chi connectivity index (χ2n) is 9.10. The summed E-state index contributed by atoms with van der Waals surface area (Å²) in [5.74, 6) is 1.38. The van der Waals surface area contributed by atoms with Crippen LogP contribution in [-0.2, 0) is 0 Å². The molecule has 168 valence electrons. The first-order chi connectivity index (χ1) is 15.5. The van der Waals surface area contributed by atoms with Crippen LogP contribution in [0, 0.1) is 6.92 Å². The molecule has 0 amide bonds. The van der Waals surface area contributed by atoms with Crippen LogP contribution in [0.4, 0.5) is 17.5 Å². The van der Waals surface area contributed by atoms with Crippen molar-refractivity contribution in [1.29, 1.82) is 0 Å². The van der Waals surface area contributed by atoms with Gasteiger partial charge in [-0.2, -0.15) is 0 Å². The van der Waals surface area contributed by atoms with Crippen LogP contribution < -0.4 is 15.4 Å². The molecule has 0 atom stereocenters. The molecule has 8 heteroatoms. The van der Waals surface area contributed by atoms with Crippen molar-refractivity contribution in [1.82, 2.24) is 24.4 Å². The van der Waals surface area contributed by atoms with E-state index in [0.29, 0.717) is 5.95 Å². The Labute approximate surface area is 188 Å². The number of fused-ring (bicyclic) bond motifs is 1. The molecule has 3 aromatic rings. The zero-order valence-electron chi connectivity index (χ0n) is 19.2. The van der Waals surface area contributed by atoms with E-state index in [0.717, 1.165) is 67.1 Å². The summed E-state index contributed by atoms with van der Waals surface area (Å²) in [4.78, 5) is 33.5. The number of pyridine rings is 2. The average Bonchev–Trinajstić information content (AvgIpc) is 3.33. The highest BCUT2D eigenvalue weighted by molar-refractivity contribution is 5.79. The molecule has 0 spiro atoms. The average molecular weight is 434 g/mol. The van der Waals surface area contributed by atoms with Gasteiger partial charge in [0, 0.05) is 45.3 Å². The smallest absolute Gasteiger partial charge is 0.251 e. The number of hydrogen-bond donors (Lipinski definition) is 0. The Morgan fingerprint density at radius 3 is 2.47 bits per heavy atom. The largest absolute Gasteiger partial charge is 0.368 e. The van der Waals surface area contributed by atoms with Gasteiger partial charge in [-0.25, -0.2) is 15.0 Å². The van der Waals surface area contributed by atoms with E-state index in [1.54, 1.807) is 12.3 Å². The lowest BCUT2D eigenvalue weighted by Crippen LogP contribution is -2.44. The Balaban J connectivity index is 1.43.